The van der Waals surface area contributed by atoms with Gasteiger partial charge in [-0.15, -0.1) is 0 Å². The van der Waals surface area contributed by atoms with Crippen LogP contribution in [0.15, 0.2) is 36.5 Å². The summed E-state index contributed by atoms with van der Waals surface area (Å²) in [5.41, 5.74) is 7.52. The van der Waals surface area contributed by atoms with Crippen LogP contribution in [0.1, 0.15) is 22.4 Å². The number of carbonyl (C=O) groups excluding carboxylic acids is 1. The maximum absolute atomic E-state index is 13.1. The molecule has 4 rings (SSSR count). The first kappa shape index (κ1) is 18.7. The summed E-state index contributed by atoms with van der Waals surface area (Å²) in [6.45, 7) is 9.76. The second-order valence-electron chi connectivity index (χ2n) is 7.95. The van der Waals surface area contributed by atoms with Gasteiger partial charge in [0.15, 0.2) is 0 Å². The summed E-state index contributed by atoms with van der Waals surface area (Å²) in [6, 6.07) is 10.5. The van der Waals surface area contributed by atoms with Gasteiger partial charge in [-0.05, 0) is 56.6 Å². The summed E-state index contributed by atoms with van der Waals surface area (Å²) < 4.78 is 2.09. The number of benzene rings is 1. The van der Waals surface area contributed by atoms with Gasteiger partial charge in [-0.3, -0.25) is 4.79 Å². The number of aromatic nitrogens is 2. The molecule has 146 valence electrons. The van der Waals surface area contributed by atoms with E-state index in [1.54, 1.807) is 0 Å². The smallest absolute Gasteiger partial charge is 0.228 e. The second-order valence-corrected chi connectivity index (χ2v) is 7.95. The number of piperazine rings is 1. The van der Waals surface area contributed by atoms with Gasteiger partial charge < -0.3 is 14.2 Å². The largest absolute Gasteiger partial charge is 0.340 e. The fourth-order valence-corrected chi connectivity index (χ4v) is 3.85. The summed E-state index contributed by atoms with van der Waals surface area (Å²) in [4.78, 5) is 22.3. The van der Waals surface area contributed by atoms with Crippen molar-refractivity contribution in [3.05, 3.63) is 58.9 Å². The zero-order valence-electron chi connectivity index (χ0n) is 17.2. The summed E-state index contributed by atoms with van der Waals surface area (Å²) in [6.07, 6.45) is 2.39. The van der Waals surface area contributed by atoms with Crippen LogP contribution in [0.5, 0.6) is 0 Å². The van der Waals surface area contributed by atoms with Gasteiger partial charge in [-0.2, -0.15) is 0 Å². The van der Waals surface area contributed by atoms with E-state index in [9.17, 15) is 4.79 Å². The number of carbonyl (C=O) groups is 1. The average Bonchev–Trinajstić information content (AvgIpc) is 3.04. The molecule has 0 aliphatic carbocycles. The molecule has 1 aromatic carbocycles. The Labute approximate surface area is 166 Å². The number of hydrogen-bond acceptors (Lipinski definition) is 3. The van der Waals surface area contributed by atoms with E-state index in [1.165, 1.54) is 11.1 Å². The van der Waals surface area contributed by atoms with Gasteiger partial charge in [0.25, 0.3) is 0 Å². The molecule has 3 aromatic rings. The van der Waals surface area contributed by atoms with Crippen molar-refractivity contribution in [3.63, 3.8) is 0 Å². The number of amides is 1. The second kappa shape index (κ2) is 7.40. The average molecular weight is 377 g/mol. The van der Waals surface area contributed by atoms with Crippen LogP contribution < -0.4 is 0 Å². The maximum atomic E-state index is 13.1. The molecule has 0 bridgehead atoms. The highest BCUT2D eigenvalue weighted by Crippen LogP contribution is 2.28. The van der Waals surface area contributed by atoms with E-state index in [1.807, 2.05) is 17.2 Å². The number of likely N-dealkylation sites (N-methyl/N-ethyl adjacent to an activating group) is 1. The molecule has 0 saturated carbocycles. The SMILES string of the molecule is Cc1ccc(-c2nc3c(C)cccn3c2CC(=O)N2CCN(C)CC2)cc1C. The highest BCUT2D eigenvalue weighted by molar-refractivity contribution is 5.82. The molecule has 0 spiro atoms. The number of pyridine rings is 1. The molecule has 1 saturated heterocycles. The Morgan fingerprint density at radius 2 is 1.75 bits per heavy atom. The molecular formula is C23H28N4O. The number of hydrogen-bond donors (Lipinski definition) is 0. The van der Waals surface area contributed by atoms with Crippen LogP contribution in [0.25, 0.3) is 16.9 Å². The zero-order valence-corrected chi connectivity index (χ0v) is 17.2. The predicted molar refractivity (Wildman–Crippen MR) is 113 cm³/mol. The maximum Gasteiger partial charge on any atom is 0.228 e. The summed E-state index contributed by atoms with van der Waals surface area (Å²) >= 11 is 0. The molecule has 1 aliphatic heterocycles. The lowest BCUT2D eigenvalue weighted by Crippen LogP contribution is -2.47. The van der Waals surface area contributed by atoms with Crippen molar-refractivity contribution in [1.29, 1.82) is 0 Å². The molecular weight excluding hydrogens is 348 g/mol. The molecule has 0 unspecified atom stereocenters. The lowest BCUT2D eigenvalue weighted by molar-refractivity contribution is -0.132. The third-order valence-corrected chi connectivity index (χ3v) is 5.90. The van der Waals surface area contributed by atoms with Gasteiger partial charge in [0, 0.05) is 37.9 Å². The van der Waals surface area contributed by atoms with E-state index in [2.05, 4.69) is 61.4 Å². The van der Waals surface area contributed by atoms with Crippen molar-refractivity contribution in [2.24, 2.45) is 0 Å². The number of nitrogens with zero attached hydrogens (tertiary/aromatic N) is 4. The van der Waals surface area contributed by atoms with Crippen molar-refractivity contribution >= 4 is 11.6 Å². The van der Waals surface area contributed by atoms with Gasteiger partial charge in [-0.25, -0.2) is 4.98 Å². The first-order valence-electron chi connectivity index (χ1n) is 9.94. The molecule has 3 heterocycles. The van der Waals surface area contributed by atoms with Gasteiger partial charge in [0.05, 0.1) is 17.8 Å². The van der Waals surface area contributed by atoms with Crippen LogP contribution >= 0.6 is 0 Å². The molecule has 0 atom stereocenters. The first-order chi connectivity index (χ1) is 13.4. The van der Waals surface area contributed by atoms with E-state index in [-0.39, 0.29) is 5.91 Å². The Kier molecular flexibility index (Phi) is 4.94. The minimum atomic E-state index is 0.182. The number of fused-ring (bicyclic) bond motifs is 1. The molecule has 5 nitrogen and oxygen atoms in total. The Balaban J connectivity index is 1.76. The minimum absolute atomic E-state index is 0.182. The normalized spacial score (nSPS) is 15.4. The van der Waals surface area contributed by atoms with E-state index < -0.39 is 0 Å². The molecule has 1 aliphatic rings. The molecule has 2 aromatic heterocycles. The number of imidazole rings is 1. The quantitative estimate of drug-likeness (QED) is 0.705. The summed E-state index contributed by atoms with van der Waals surface area (Å²) in [5.74, 6) is 0.182. The fourth-order valence-electron chi connectivity index (χ4n) is 3.85. The van der Waals surface area contributed by atoms with Crippen molar-refractivity contribution in [2.75, 3.05) is 33.2 Å². The molecule has 1 amide bonds. The van der Waals surface area contributed by atoms with Crippen LogP contribution in [0, 0.1) is 20.8 Å². The van der Waals surface area contributed by atoms with Crippen LogP contribution in [0.4, 0.5) is 0 Å². The van der Waals surface area contributed by atoms with Gasteiger partial charge in [0.2, 0.25) is 5.91 Å². The van der Waals surface area contributed by atoms with E-state index in [4.69, 9.17) is 4.98 Å². The Morgan fingerprint density at radius 3 is 2.46 bits per heavy atom. The first-order valence-corrected chi connectivity index (χ1v) is 9.94. The Hall–Kier alpha value is -2.66. The monoisotopic (exact) mass is 376 g/mol. The third kappa shape index (κ3) is 3.42. The predicted octanol–water partition coefficient (Wildman–Crippen LogP) is 3.24. The lowest BCUT2D eigenvalue weighted by Gasteiger charge is -2.32. The fraction of sp³-hybridized carbons (Fsp3) is 0.391. The Morgan fingerprint density at radius 1 is 1.00 bits per heavy atom. The van der Waals surface area contributed by atoms with Crippen LogP contribution in [-0.2, 0) is 11.2 Å². The standard InChI is InChI=1S/C23H28N4O/c1-16-7-8-19(14-18(16)3)22-20(27-9-5-6-17(2)23(27)24-22)15-21(28)26-12-10-25(4)11-13-26/h5-9,14H,10-13,15H2,1-4H3. The highest BCUT2D eigenvalue weighted by Gasteiger charge is 2.23. The number of aryl methyl sites for hydroxylation is 3. The van der Waals surface area contributed by atoms with E-state index >= 15 is 0 Å². The summed E-state index contributed by atoms with van der Waals surface area (Å²) in [5, 5.41) is 0. The van der Waals surface area contributed by atoms with Gasteiger partial charge >= 0.3 is 0 Å². The van der Waals surface area contributed by atoms with E-state index in [0.717, 1.165) is 54.3 Å². The summed E-state index contributed by atoms with van der Waals surface area (Å²) in [7, 11) is 2.10. The molecule has 28 heavy (non-hydrogen) atoms. The van der Waals surface area contributed by atoms with Crippen molar-refractivity contribution < 1.29 is 4.79 Å². The van der Waals surface area contributed by atoms with Crippen LogP contribution in [0.2, 0.25) is 0 Å². The number of rotatable bonds is 3. The van der Waals surface area contributed by atoms with Crippen LogP contribution in [0.3, 0.4) is 0 Å². The van der Waals surface area contributed by atoms with Gasteiger partial charge in [0.1, 0.15) is 5.65 Å². The molecule has 1 fully saturated rings. The zero-order chi connectivity index (χ0) is 19.8. The van der Waals surface area contributed by atoms with Crippen LogP contribution in [-0.4, -0.2) is 58.3 Å². The molecule has 5 heteroatoms. The molecule has 0 radical (unpaired) electrons. The van der Waals surface area contributed by atoms with E-state index in [0.29, 0.717) is 6.42 Å². The topological polar surface area (TPSA) is 40.9 Å². The highest BCUT2D eigenvalue weighted by atomic mass is 16.2. The van der Waals surface area contributed by atoms with Crippen molar-refractivity contribution in [3.8, 4) is 11.3 Å². The third-order valence-electron chi connectivity index (χ3n) is 5.90. The minimum Gasteiger partial charge on any atom is -0.340 e. The molecule has 0 N–H and O–H groups in total. The van der Waals surface area contributed by atoms with Gasteiger partial charge in [-0.1, -0.05) is 18.2 Å². The lowest BCUT2D eigenvalue weighted by atomic mass is 10.0. The van der Waals surface area contributed by atoms with Crippen molar-refractivity contribution in [2.45, 2.75) is 27.2 Å². The van der Waals surface area contributed by atoms with Crippen molar-refractivity contribution in [1.82, 2.24) is 19.2 Å². The Bertz CT molecular complexity index is 1030.